The van der Waals surface area contributed by atoms with Crippen molar-refractivity contribution >= 4 is 29.0 Å². The molecular formula is C20H23F3N4O2. The van der Waals surface area contributed by atoms with Crippen LogP contribution in [0.1, 0.15) is 29.3 Å². The minimum atomic E-state index is -4.44. The van der Waals surface area contributed by atoms with Gasteiger partial charge in [0.2, 0.25) is 0 Å². The molecule has 3 N–H and O–H groups in total. The molecule has 0 spiro atoms. The number of carbonyl (C=O) groups excluding carboxylic acids is 2. The summed E-state index contributed by atoms with van der Waals surface area (Å²) in [6.07, 6.45) is -3.65. The minimum Gasteiger partial charge on any atom is -0.377 e. The summed E-state index contributed by atoms with van der Waals surface area (Å²) in [5.41, 5.74) is 0.872. The third-order valence-electron chi connectivity index (χ3n) is 3.99. The van der Waals surface area contributed by atoms with Crippen LogP contribution in [0, 0.1) is 0 Å². The van der Waals surface area contributed by atoms with Crippen LogP contribution in [-0.2, 0) is 6.18 Å². The average molecular weight is 408 g/mol. The number of anilines is 3. The maximum absolute atomic E-state index is 12.6. The van der Waals surface area contributed by atoms with E-state index in [4.69, 9.17) is 0 Å². The van der Waals surface area contributed by atoms with Crippen LogP contribution in [-0.4, -0.2) is 32.6 Å². The van der Waals surface area contributed by atoms with E-state index in [0.717, 1.165) is 18.6 Å². The summed E-state index contributed by atoms with van der Waals surface area (Å²) in [4.78, 5) is 26.4. The first-order valence-electron chi connectivity index (χ1n) is 8.96. The van der Waals surface area contributed by atoms with Crippen LogP contribution in [0.5, 0.6) is 0 Å². The Morgan fingerprint density at radius 3 is 2.10 bits per heavy atom. The van der Waals surface area contributed by atoms with Gasteiger partial charge in [-0.25, -0.2) is 4.79 Å². The van der Waals surface area contributed by atoms with E-state index in [9.17, 15) is 22.8 Å². The van der Waals surface area contributed by atoms with Crippen LogP contribution in [0.2, 0.25) is 0 Å². The fourth-order valence-corrected chi connectivity index (χ4v) is 2.56. The number of nitrogens with zero attached hydrogens (tertiary/aromatic N) is 1. The monoisotopic (exact) mass is 408 g/mol. The van der Waals surface area contributed by atoms with Gasteiger partial charge in [0.25, 0.3) is 5.91 Å². The van der Waals surface area contributed by atoms with Gasteiger partial charge >= 0.3 is 12.2 Å². The Labute approximate surface area is 167 Å². The SMILES string of the molecule is CCCNC(=O)c1cc(NC(=O)Nc2ccc(C(F)(F)F)cc2)ccc1N(C)C. The highest BCUT2D eigenvalue weighted by Crippen LogP contribution is 2.30. The Morgan fingerprint density at radius 2 is 1.55 bits per heavy atom. The van der Waals surface area contributed by atoms with E-state index in [0.29, 0.717) is 23.5 Å². The second-order valence-electron chi connectivity index (χ2n) is 6.54. The van der Waals surface area contributed by atoms with Crippen molar-refractivity contribution in [1.82, 2.24) is 5.32 Å². The first kappa shape index (κ1) is 22.1. The Bertz CT molecular complexity index is 865. The average Bonchev–Trinajstić information content (AvgIpc) is 2.65. The zero-order chi connectivity index (χ0) is 21.6. The number of rotatable bonds is 6. The molecule has 0 fully saturated rings. The van der Waals surface area contributed by atoms with Gasteiger partial charge in [-0.3, -0.25) is 4.79 Å². The van der Waals surface area contributed by atoms with Crippen LogP contribution in [0.25, 0.3) is 0 Å². The quantitative estimate of drug-likeness (QED) is 0.656. The molecule has 6 nitrogen and oxygen atoms in total. The van der Waals surface area contributed by atoms with Gasteiger partial charge in [-0.2, -0.15) is 13.2 Å². The highest BCUT2D eigenvalue weighted by Gasteiger charge is 2.30. The van der Waals surface area contributed by atoms with E-state index in [2.05, 4.69) is 16.0 Å². The molecule has 2 aromatic rings. The summed E-state index contributed by atoms with van der Waals surface area (Å²) in [6, 6.07) is 8.36. The lowest BCUT2D eigenvalue weighted by Gasteiger charge is -2.18. The molecule has 0 saturated heterocycles. The number of urea groups is 1. The number of alkyl halides is 3. The normalized spacial score (nSPS) is 11.0. The van der Waals surface area contributed by atoms with Gasteiger partial charge in [-0.1, -0.05) is 6.92 Å². The Balaban J connectivity index is 2.12. The topological polar surface area (TPSA) is 73.5 Å². The molecule has 156 valence electrons. The molecule has 2 rings (SSSR count). The van der Waals surface area contributed by atoms with Gasteiger partial charge in [0.1, 0.15) is 0 Å². The molecule has 0 aliphatic carbocycles. The number of nitrogens with one attached hydrogen (secondary N) is 3. The largest absolute Gasteiger partial charge is 0.416 e. The minimum absolute atomic E-state index is 0.210. The molecule has 29 heavy (non-hydrogen) atoms. The zero-order valence-corrected chi connectivity index (χ0v) is 16.4. The molecule has 0 heterocycles. The van der Waals surface area contributed by atoms with Crippen molar-refractivity contribution in [3.63, 3.8) is 0 Å². The lowest BCUT2D eigenvalue weighted by Crippen LogP contribution is -2.27. The predicted octanol–water partition coefficient (Wildman–Crippen LogP) is 4.56. The molecule has 9 heteroatoms. The second-order valence-corrected chi connectivity index (χ2v) is 6.54. The lowest BCUT2D eigenvalue weighted by atomic mass is 10.1. The molecule has 0 saturated carbocycles. The van der Waals surface area contributed by atoms with Crippen LogP contribution in [0.15, 0.2) is 42.5 Å². The summed E-state index contributed by atoms with van der Waals surface area (Å²) >= 11 is 0. The highest BCUT2D eigenvalue weighted by molar-refractivity contribution is 6.03. The molecule has 0 aliphatic heterocycles. The first-order chi connectivity index (χ1) is 13.6. The van der Waals surface area contributed by atoms with Crippen molar-refractivity contribution < 1.29 is 22.8 Å². The number of benzene rings is 2. The van der Waals surface area contributed by atoms with Crippen LogP contribution < -0.4 is 20.9 Å². The second kappa shape index (κ2) is 9.31. The van der Waals surface area contributed by atoms with Gasteiger partial charge in [0.05, 0.1) is 11.1 Å². The Morgan fingerprint density at radius 1 is 0.966 bits per heavy atom. The summed E-state index contributed by atoms with van der Waals surface area (Å²) in [5, 5.41) is 7.84. The molecule has 0 aromatic heterocycles. The maximum atomic E-state index is 12.6. The predicted molar refractivity (Wildman–Crippen MR) is 107 cm³/mol. The fourth-order valence-electron chi connectivity index (χ4n) is 2.56. The summed E-state index contributed by atoms with van der Waals surface area (Å²) in [7, 11) is 3.60. The summed E-state index contributed by atoms with van der Waals surface area (Å²) < 4.78 is 37.8. The standard InChI is InChI=1S/C20H23F3N4O2/c1-4-11-24-18(28)16-12-15(9-10-17(16)27(2)3)26-19(29)25-14-7-5-13(6-8-14)20(21,22)23/h5-10,12H,4,11H2,1-3H3,(H,24,28)(H2,25,26,29). The van der Waals surface area contributed by atoms with Gasteiger partial charge < -0.3 is 20.9 Å². The van der Waals surface area contributed by atoms with E-state index in [-0.39, 0.29) is 11.6 Å². The lowest BCUT2D eigenvalue weighted by molar-refractivity contribution is -0.137. The third-order valence-corrected chi connectivity index (χ3v) is 3.99. The molecule has 0 unspecified atom stereocenters. The number of amides is 3. The van der Waals surface area contributed by atoms with Crippen molar-refractivity contribution in [2.24, 2.45) is 0 Å². The summed E-state index contributed by atoms with van der Waals surface area (Å²) in [5.74, 6) is -0.262. The maximum Gasteiger partial charge on any atom is 0.416 e. The van der Waals surface area contributed by atoms with Crippen molar-refractivity contribution in [2.75, 3.05) is 36.2 Å². The highest BCUT2D eigenvalue weighted by atomic mass is 19.4. The van der Waals surface area contributed by atoms with Crippen LogP contribution in [0.3, 0.4) is 0 Å². The van der Waals surface area contributed by atoms with Crippen molar-refractivity contribution in [1.29, 1.82) is 0 Å². The van der Waals surface area contributed by atoms with E-state index in [1.165, 1.54) is 12.1 Å². The Kier molecular flexibility index (Phi) is 7.08. The van der Waals surface area contributed by atoms with Crippen molar-refractivity contribution in [2.45, 2.75) is 19.5 Å². The molecule has 0 atom stereocenters. The molecule has 0 bridgehead atoms. The van der Waals surface area contributed by atoms with E-state index in [1.54, 1.807) is 37.2 Å². The number of hydrogen-bond donors (Lipinski definition) is 3. The number of halogens is 3. The van der Waals surface area contributed by atoms with Crippen LogP contribution in [0.4, 0.5) is 35.0 Å². The smallest absolute Gasteiger partial charge is 0.377 e. The molecular weight excluding hydrogens is 385 g/mol. The van der Waals surface area contributed by atoms with E-state index < -0.39 is 17.8 Å². The molecule has 0 aliphatic rings. The fraction of sp³-hybridized carbons (Fsp3) is 0.300. The molecule has 3 amide bonds. The zero-order valence-electron chi connectivity index (χ0n) is 16.4. The van der Waals surface area contributed by atoms with E-state index in [1.807, 2.05) is 6.92 Å². The summed E-state index contributed by atoms with van der Waals surface area (Å²) in [6.45, 7) is 2.47. The number of carbonyl (C=O) groups is 2. The van der Waals surface area contributed by atoms with Crippen molar-refractivity contribution in [3.8, 4) is 0 Å². The number of hydrogen-bond acceptors (Lipinski definition) is 3. The molecule has 2 aromatic carbocycles. The van der Waals surface area contributed by atoms with Gasteiger partial charge in [0.15, 0.2) is 0 Å². The van der Waals surface area contributed by atoms with Crippen molar-refractivity contribution in [3.05, 3.63) is 53.6 Å². The van der Waals surface area contributed by atoms with Gasteiger partial charge in [-0.05, 0) is 48.9 Å². The molecule has 0 radical (unpaired) electrons. The van der Waals surface area contributed by atoms with E-state index >= 15 is 0 Å². The third kappa shape index (κ3) is 6.13. The van der Waals surface area contributed by atoms with Crippen LogP contribution >= 0.6 is 0 Å². The van der Waals surface area contributed by atoms with Gasteiger partial charge in [-0.15, -0.1) is 0 Å². The van der Waals surface area contributed by atoms with Gasteiger partial charge in [0, 0.05) is 37.7 Å². The first-order valence-corrected chi connectivity index (χ1v) is 8.96. The Hall–Kier alpha value is -3.23.